The third kappa shape index (κ3) is 2.95. The Bertz CT molecular complexity index is 449. The highest BCUT2D eigenvalue weighted by Crippen LogP contribution is 2.20. The summed E-state index contributed by atoms with van der Waals surface area (Å²) in [4.78, 5) is 11.2. The van der Waals surface area contributed by atoms with E-state index in [9.17, 15) is 4.79 Å². The largest absolute Gasteiger partial charge is 0.469 e. The van der Waals surface area contributed by atoms with Crippen LogP contribution in [0.4, 0.5) is 0 Å². The fraction of sp³-hybridized carbons (Fsp3) is 0.333. The summed E-state index contributed by atoms with van der Waals surface area (Å²) in [7, 11) is 1.36. The van der Waals surface area contributed by atoms with Crippen molar-refractivity contribution in [3.8, 4) is 6.07 Å². The molecule has 0 N–H and O–H groups in total. The molecule has 0 saturated heterocycles. The molecule has 1 aromatic rings. The maximum absolute atomic E-state index is 11.2. The molecule has 0 spiro atoms. The van der Waals surface area contributed by atoms with Crippen molar-refractivity contribution in [2.75, 3.05) is 7.11 Å². The summed E-state index contributed by atoms with van der Waals surface area (Å²) in [5, 5.41) is 8.99. The molecule has 0 aliphatic heterocycles. The lowest BCUT2D eigenvalue weighted by Gasteiger charge is -2.07. The molecule has 16 heavy (non-hydrogen) atoms. The molecular formula is C12H12INO2. The van der Waals surface area contributed by atoms with E-state index in [1.807, 2.05) is 13.0 Å². The van der Waals surface area contributed by atoms with E-state index in [1.165, 1.54) is 7.11 Å². The molecule has 0 atom stereocenters. The minimum Gasteiger partial charge on any atom is -0.469 e. The van der Waals surface area contributed by atoms with Gasteiger partial charge in [-0.1, -0.05) is 6.92 Å². The van der Waals surface area contributed by atoms with E-state index in [-0.39, 0.29) is 12.4 Å². The van der Waals surface area contributed by atoms with E-state index < -0.39 is 0 Å². The number of carbonyl (C=O) groups is 1. The quantitative estimate of drug-likeness (QED) is 0.632. The monoisotopic (exact) mass is 329 g/mol. The fourth-order valence-corrected chi connectivity index (χ4v) is 2.14. The number of nitrogens with zero attached hydrogens (tertiary/aromatic N) is 1. The highest BCUT2D eigenvalue weighted by Gasteiger charge is 2.10. The van der Waals surface area contributed by atoms with Crippen LogP contribution in [0.2, 0.25) is 0 Å². The van der Waals surface area contributed by atoms with E-state index in [0.29, 0.717) is 5.56 Å². The smallest absolute Gasteiger partial charge is 0.310 e. The van der Waals surface area contributed by atoms with Crippen molar-refractivity contribution in [2.24, 2.45) is 0 Å². The Morgan fingerprint density at radius 3 is 2.69 bits per heavy atom. The summed E-state index contributed by atoms with van der Waals surface area (Å²) in [5.41, 5.74) is 2.50. The van der Waals surface area contributed by atoms with Gasteiger partial charge in [-0.15, -0.1) is 0 Å². The number of esters is 1. The summed E-state index contributed by atoms with van der Waals surface area (Å²) < 4.78 is 5.61. The molecule has 0 aromatic heterocycles. The second kappa shape index (κ2) is 5.85. The number of nitriles is 1. The van der Waals surface area contributed by atoms with Gasteiger partial charge in [-0.05, 0) is 52.3 Å². The predicted octanol–water partition coefficient (Wildman–Crippen LogP) is 2.44. The Labute approximate surface area is 109 Å². The molecule has 1 aromatic carbocycles. The van der Waals surface area contributed by atoms with E-state index in [0.717, 1.165) is 21.1 Å². The zero-order chi connectivity index (χ0) is 12.1. The van der Waals surface area contributed by atoms with Crippen LogP contribution in [0.1, 0.15) is 23.6 Å². The zero-order valence-electron chi connectivity index (χ0n) is 9.21. The molecule has 0 fully saturated rings. The SMILES string of the molecule is CCc1cc(I)c(CC(=O)OC)cc1C#N. The Kier molecular flexibility index (Phi) is 4.74. The van der Waals surface area contributed by atoms with Crippen LogP contribution in [0.15, 0.2) is 12.1 Å². The normalized spacial score (nSPS) is 9.62. The fourth-order valence-electron chi connectivity index (χ4n) is 1.42. The van der Waals surface area contributed by atoms with Crippen molar-refractivity contribution in [3.05, 3.63) is 32.4 Å². The van der Waals surface area contributed by atoms with Crippen molar-refractivity contribution in [1.29, 1.82) is 5.26 Å². The molecule has 0 radical (unpaired) electrons. The number of ether oxygens (including phenoxy) is 1. The summed E-state index contributed by atoms with van der Waals surface area (Å²) >= 11 is 2.17. The topological polar surface area (TPSA) is 50.1 Å². The van der Waals surface area contributed by atoms with Crippen LogP contribution in [-0.4, -0.2) is 13.1 Å². The number of rotatable bonds is 3. The van der Waals surface area contributed by atoms with Crippen molar-refractivity contribution in [1.82, 2.24) is 0 Å². The summed E-state index contributed by atoms with van der Waals surface area (Å²) in [6, 6.07) is 5.88. The standard InChI is InChI=1S/C12H12INO2/c1-3-8-5-11(13)9(4-10(8)7-14)6-12(15)16-2/h4-5H,3,6H2,1-2H3. The summed E-state index contributed by atoms with van der Waals surface area (Å²) in [5.74, 6) is -0.286. The minimum atomic E-state index is -0.286. The predicted molar refractivity (Wildman–Crippen MR) is 69.0 cm³/mol. The number of halogens is 1. The van der Waals surface area contributed by atoms with Crippen molar-refractivity contribution in [2.45, 2.75) is 19.8 Å². The zero-order valence-corrected chi connectivity index (χ0v) is 11.4. The highest BCUT2D eigenvalue weighted by molar-refractivity contribution is 14.1. The first-order valence-corrected chi connectivity index (χ1v) is 5.98. The first-order chi connectivity index (χ1) is 7.62. The molecule has 0 aliphatic carbocycles. The lowest BCUT2D eigenvalue weighted by atomic mass is 10.0. The van der Waals surface area contributed by atoms with E-state index in [4.69, 9.17) is 5.26 Å². The Morgan fingerprint density at radius 2 is 2.19 bits per heavy atom. The third-order valence-electron chi connectivity index (χ3n) is 2.34. The van der Waals surface area contributed by atoms with Gasteiger partial charge in [0, 0.05) is 3.57 Å². The van der Waals surface area contributed by atoms with Crippen LogP contribution in [0.25, 0.3) is 0 Å². The molecule has 1 rings (SSSR count). The molecule has 4 heteroatoms. The molecular weight excluding hydrogens is 317 g/mol. The molecule has 0 bridgehead atoms. The van der Waals surface area contributed by atoms with Gasteiger partial charge in [0.25, 0.3) is 0 Å². The van der Waals surface area contributed by atoms with Crippen LogP contribution >= 0.6 is 22.6 Å². The number of benzene rings is 1. The van der Waals surface area contributed by atoms with Gasteiger partial charge in [-0.25, -0.2) is 0 Å². The molecule has 0 amide bonds. The number of carbonyl (C=O) groups excluding carboxylic acids is 1. The number of methoxy groups -OCH3 is 1. The van der Waals surface area contributed by atoms with Crippen LogP contribution in [0, 0.1) is 14.9 Å². The maximum Gasteiger partial charge on any atom is 0.310 e. The highest BCUT2D eigenvalue weighted by atomic mass is 127. The van der Waals surface area contributed by atoms with Gasteiger partial charge >= 0.3 is 5.97 Å². The Hall–Kier alpha value is -1.09. The average molecular weight is 329 g/mol. The number of hydrogen-bond donors (Lipinski definition) is 0. The van der Waals surface area contributed by atoms with Crippen LogP contribution in [0.3, 0.4) is 0 Å². The Morgan fingerprint density at radius 1 is 1.50 bits per heavy atom. The molecule has 84 valence electrons. The van der Waals surface area contributed by atoms with Gasteiger partial charge in [-0.3, -0.25) is 4.79 Å². The first-order valence-electron chi connectivity index (χ1n) is 4.90. The number of aryl methyl sites for hydroxylation is 1. The first kappa shape index (κ1) is 13.0. The molecule has 0 saturated carbocycles. The third-order valence-corrected chi connectivity index (χ3v) is 3.34. The summed E-state index contributed by atoms with van der Waals surface area (Å²) in [6.07, 6.45) is 1.03. The molecule has 0 unspecified atom stereocenters. The molecule has 3 nitrogen and oxygen atoms in total. The van der Waals surface area contributed by atoms with Crippen molar-refractivity contribution >= 4 is 28.6 Å². The van der Waals surface area contributed by atoms with Crippen LogP contribution < -0.4 is 0 Å². The lowest BCUT2D eigenvalue weighted by Crippen LogP contribution is -2.07. The summed E-state index contributed by atoms with van der Waals surface area (Å²) in [6.45, 7) is 2.01. The van der Waals surface area contributed by atoms with Gasteiger partial charge in [0.15, 0.2) is 0 Å². The Balaban J connectivity index is 3.12. The van der Waals surface area contributed by atoms with E-state index >= 15 is 0 Å². The number of hydrogen-bond acceptors (Lipinski definition) is 3. The van der Waals surface area contributed by atoms with Gasteiger partial charge < -0.3 is 4.74 Å². The van der Waals surface area contributed by atoms with Gasteiger partial charge in [0.2, 0.25) is 0 Å². The van der Waals surface area contributed by atoms with Gasteiger partial charge in [0.05, 0.1) is 25.2 Å². The minimum absolute atomic E-state index is 0.216. The molecule has 0 heterocycles. The maximum atomic E-state index is 11.2. The van der Waals surface area contributed by atoms with E-state index in [1.54, 1.807) is 6.07 Å². The molecule has 0 aliphatic rings. The lowest BCUT2D eigenvalue weighted by molar-refractivity contribution is -0.139. The van der Waals surface area contributed by atoms with Crippen LogP contribution in [0.5, 0.6) is 0 Å². The second-order valence-corrected chi connectivity index (χ2v) is 4.48. The van der Waals surface area contributed by atoms with E-state index in [2.05, 4.69) is 33.4 Å². The van der Waals surface area contributed by atoms with Crippen molar-refractivity contribution < 1.29 is 9.53 Å². The van der Waals surface area contributed by atoms with Gasteiger partial charge in [-0.2, -0.15) is 5.26 Å². The average Bonchev–Trinajstić information content (AvgIpc) is 2.30. The van der Waals surface area contributed by atoms with Crippen LogP contribution in [-0.2, 0) is 22.4 Å². The second-order valence-electron chi connectivity index (χ2n) is 3.32. The van der Waals surface area contributed by atoms with Gasteiger partial charge in [0.1, 0.15) is 0 Å². The van der Waals surface area contributed by atoms with Crippen molar-refractivity contribution in [3.63, 3.8) is 0 Å².